The molecule has 2 nitrogen and oxygen atoms in total. The number of nitrogens with zero attached hydrogens (tertiary/aromatic N) is 1. The zero-order chi connectivity index (χ0) is 13.6. The molecule has 19 heavy (non-hydrogen) atoms. The molecule has 0 bridgehead atoms. The third kappa shape index (κ3) is 3.56. The minimum absolute atomic E-state index is 0.223. The van der Waals surface area contributed by atoms with E-state index in [0.29, 0.717) is 5.41 Å². The van der Waals surface area contributed by atoms with Crippen LogP contribution in [0.15, 0.2) is 29.4 Å². The average Bonchev–Trinajstić information content (AvgIpc) is 2.86. The minimum atomic E-state index is 0.223. The molecule has 0 aromatic carbocycles. The summed E-state index contributed by atoms with van der Waals surface area (Å²) in [6, 6.07) is 0. The van der Waals surface area contributed by atoms with Crippen LogP contribution in [0.25, 0.3) is 0 Å². The molecule has 1 aliphatic carbocycles. The summed E-state index contributed by atoms with van der Waals surface area (Å²) in [6.45, 7) is 6.73. The molecule has 2 aliphatic rings. The van der Waals surface area contributed by atoms with Crippen LogP contribution in [-0.2, 0) is 4.74 Å². The van der Waals surface area contributed by atoms with Gasteiger partial charge in [-0.25, -0.2) is 0 Å². The van der Waals surface area contributed by atoms with Crippen molar-refractivity contribution in [1.82, 2.24) is 0 Å². The lowest BCUT2D eigenvalue weighted by Crippen LogP contribution is -2.43. The quantitative estimate of drug-likeness (QED) is 0.520. The molecule has 1 spiro atoms. The van der Waals surface area contributed by atoms with E-state index in [2.05, 4.69) is 30.8 Å². The molecule has 1 saturated carbocycles. The van der Waals surface area contributed by atoms with Crippen molar-refractivity contribution < 1.29 is 4.74 Å². The maximum Gasteiger partial charge on any atom is 0.0688 e. The van der Waals surface area contributed by atoms with Gasteiger partial charge in [0.25, 0.3) is 0 Å². The number of hydrogen-bond donors (Lipinski definition) is 0. The van der Waals surface area contributed by atoms with Gasteiger partial charge in [-0.1, -0.05) is 31.9 Å². The van der Waals surface area contributed by atoms with Crippen LogP contribution < -0.4 is 0 Å². The SMILES string of the molecule is C=N/C=C\C=C/C[C@]1(CC)CCOC2(CCCC2)C1. The van der Waals surface area contributed by atoms with Gasteiger partial charge in [0.1, 0.15) is 0 Å². The Labute approximate surface area is 117 Å². The van der Waals surface area contributed by atoms with Crippen molar-refractivity contribution in [2.75, 3.05) is 6.61 Å². The van der Waals surface area contributed by atoms with Crippen LogP contribution in [0.1, 0.15) is 58.3 Å². The van der Waals surface area contributed by atoms with E-state index in [4.69, 9.17) is 4.74 Å². The molecule has 0 N–H and O–H groups in total. The van der Waals surface area contributed by atoms with Gasteiger partial charge in [0.05, 0.1) is 5.60 Å². The van der Waals surface area contributed by atoms with Gasteiger partial charge in [0.2, 0.25) is 0 Å². The molecule has 1 atom stereocenters. The fourth-order valence-corrected chi connectivity index (χ4v) is 3.77. The van der Waals surface area contributed by atoms with Crippen molar-refractivity contribution in [3.8, 4) is 0 Å². The lowest BCUT2D eigenvalue weighted by atomic mass is 9.68. The van der Waals surface area contributed by atoms with Gasteiger partial charge < -0.3 is 4.74 Å². The summed E-state index contributed by atoms with van der Waals surface area (Å²) in [6.07, 6.45) is 18.2. The first-order valence-electron chi connectivity index (χ1n) is 7.66. The fraction of sp³-hybridized carbons (Fsp3) is 0.706. The van der Waals surface area contributed by atoms with Crippen LogP contribution in [-0.4, -0.2) is 18.9 Å². The Kier molecular flexibility index (Phi) is 4.98. The van der Waals surface area contributed by atoms with Crippen LogP contribution in [0, 0.1) is 5.41 Å². The van der Waals surface area contributed by atoms with Crippen molar-refractivity contribution >= 4 is 6.72 Å². The highest BCUT2D eigenvalue weighted by atomic mass is 16.5. The summed E-state index contributed by atoms with van der Waals surface area (Å²) < 4.78 is 6.17. The van der Waals surface area contributed by atoms with Crippen LogP contribution in [0.5, 0.6) is 0 Å². The Bertz CT molecular complexity index is 352. The zero-order valence-corrected chi connectivity index (χ0v) is 12.2. The zero-order valence-electron chi connectivity index (χ0n) is 12.2. The molecule has 2 rings (SSSR count). The summed E-state index contributed by atoms with van der Waals surface area (Å²) in [5.41, 5.74) is 0.676. The van der Waals surface area contributed by atoms with Gasteiger partial charge in [-0.15, -0.1) is 0 Å². The predicted octanol–water partition coefficient (Wildman–Crippen LogP) is 4.67. The molecular weight excluding hydrogens is 234 g/mol. The molecule has 2 fully saturated rings. The highest BCUT2D eigenvalue weighted by Crippen LogP contribution is 2.50. The first kappa shape index (κ1) is 14.5. The first-order chi connectivity index (χ1) is 9.24. The molecular formula is C17H27NO. The number of aliphatic imine (C=N–C) groups is 1. The van der Waals surface area contributed by atoms with E-state index in [0.717, 1.165) is 13.0 Å². The molecule has 0 aromatic rings. The number of allylic oxidation sites excluding steroid dienone is 3. The molecule has 2 heteroatoms. The van der Waals surface area contributed by atoms with Crippen LogP contribution in [0.4, 0.5) is 0 Å². The topological polar surface area (TPSA) is 21.6 Å². The Balaban J connectivity index is 1.98. The maximum atomic E-state index is 6.17. The molecule has 0 amide bonds. The average molecular weight is 261 g/mol. The van der Waals surface area contributed by atoms with Crippen molar-refractivity contribution in [2.24, 2.45) is 10.4 Å². The van der Waals surface area contributed by atoms with E-state index < -0.39 is 0 Å². The molecule has 1 saturated heterocycles. The molecule has 106 valence electrons. The lowest BCUT2D eigenvalue weighted by molar-refractivity contribution is -0.123. The first-order valence-corrected chi connectivity index (χ1v) is 7.66. The van der Waals surface area contributed by atoms with E-state index in [1.165, 1.54) is 44.9 Å². The second-order valence-corrected chi connectivity index (χ2v) is 6.18. The highest BCUT2D eigenvalue weighted by molar-refractivity contribution is 5.26. The Morgan fingerprint density at radius 3 is 2.68 bits per heavy atom. The normalized spacial score (nSPS) is 30.6. The molecule has 1 aliphatic heterocycles. The predicted molar refractivity (Wildman–Crippen MR) is 81.6 cm³/mol. The van der Waals surface area contributed by atoms with Crippen LogP contribution in [0.3, 0.4) is 0 Å². The summed E-state index contributed by atoms with van der Waals surface area (Å²) in [5.74, 6) is 0. The maximum absolute atomic E-state index is 6.17. The van der Waals surface area contributed by atoms with Crippen molar-refractivity contribution in [3.63, 3.8) is 0 Å². The van der Waals surface area contributed by atoms with E-state index in [1.54, 1.807) is 6.20 Å². The van der Waals surface area contributed by atoms with Gasteiger partial charge in [-0.3, -0.25) is 4.99 Å². The van der Waals surface area contributed by atoms with E-state index >= 15 is 0 Å². The van der Waals surface area contributed by atoms with Crippen molar-refractivity contribution in [3.05, 3.63) is 24.4 Å². The molecule has 0 aromatic heterocycles. The Hall–Kier alpha value is -0.890. The van der Waals surface area contributed by atoms with Gasteiger partial charge in [0, 0.05) is 12.8 Å². The van der Waals surface area contributed by atoms with Crippen molar-refractivity contribution in [1.29, 1.82) is 0 Å². The summed E-state index contributed by atoms with van der Waals surface area (Å²) in [5, 5.41) is 0. The van der Waals surface area contributed by atoms with Crippen molar-refractivity contribution in [2.45, 2.75) is 63.9 Å². The Morgan fingerprint density at radius 1 is 1.21 bits per heavy atom. The monoisotopic (exact) mass is 261 g/mol. The molecule has 0 radical (unpaired) electrons. The molecule has 1 heterocycles. The standard InChI is InChI=1S/C17H27NO/c1-3-16(9-5-4-8-13-18-2)12-14-19-17(15-16)10-6-7-11-17/h4-5,8,13H,2-3,6-7,9-12,14-15H2,1H3/b5-4-,13-8-/t16-/m1/s1. The summed E-state index contributed by atoms with van der Waals surface area (Å²) >= 11 is 0. The van der Waals surface area contributed by atoms with Gasteiger partial charge in [0.15, 0.2) is 0 Å². The summed E-state index contributed by atoms with van der Waals surface area (Å²) in [4.78, 5) is 3.71. The van der Waals surface area contributed by atoms with Gasteiger partial charge in [-0.2, -0.15) is 0 Å². The van der Waals surface area contributed by atoms with E-state index in [9.17, 15) is 0 Å². The number of ether oxygens (including phenoxy) is 1. The second kappa shape index (κ2) is 6.51. The third-order valence-electron chi connectivity index (χ3n) is 4.99. The largest absolute Gasteiger partial charge is 0.375 e. The van der Waals surface area contributed by atoms with E-state index in [-0.39, 0.29) is 5.60 Å². The summed E-state index contributed by atoms with van der Waals surface area (Å²) in [7, 11) is 0. The highest BCUT2D eigenvalue weighted by Gasteiger charge is 2.45. The lowest BCUT2D eigenvalue weighted by Gasteiger charge is -2.46. The Morgan fingerprint density at radius 2 is 2.00 bits per heavy atom. The van der Waals surface area contributed by atoms with Crippen LogP contribution >= 0.6 is 0 Å². The second-order valence-electron chi connectivity index (χ2n) is 6.18. The van der Waals surface area contributed by atoms with Crippen LogP contribution in [0.2, 0.25) is 0 Å². The number of rotatable bonds is 5. The van der Waals surface area contributed by atoms with E-state index in [1.807, 2.05) is 6.08 Å². The van der Waals surface area contributed by atoms with Gasteiger partial charge in [-0.05, 0) is 56.7 Å². The van der Waals surface area contributed by atoms with Gasteiger partial charge >= 0.3 is 0 Å². The smallest absolute Gasteiger partial charge is 0.0688 e. The molecule has 0 unspecified atom stereocenters. The fourth-order valence-electron chi connectivity index (χ4n) is 3.77. The number of hydrogen-bond acceptors (Lipinski definition) is 2. The minimum Gasteiger partial charge on any atom is -0.375 e. The third-order valence-corrected chi connectivity index (χ3v) is 4.99.